The molecule has 1 unspecified atom stereocenters. The average Bonchev–Trinajstić information content (AvgIpc) is 2.50. The van der Waals surface area contributed by atoms with Crippen molar-refractivity contribution in [2.75, 3.05) is 12.8 Å². The summed E-state index contributed by atoms with van der Waals surface area (Å²) in [6.07, 6.45) is 0. The molecule has 3 nitrogen and oxygen atoms in total. The maximum Gasteiger partial charge on any atom is 0.329 e. The van der Waals surface area contributed by atoms with Crippen molar-refractivity contribution in [3.63, 3.8) is 0 Å². The van der Waals surface area contributed by atoms with Gasteiger partial charge in [0, 0.05) is 10.6 Å². The predicted octanol–water partition coefficient (Wildman–Crippen LogP) is 2.98. The van der Waals surface area contributed by atoms with Crippen LogP contribution in [0.3, 0.4) is 0 Å². The summed E-state index contributed by atoms with van der Waals surface area (Å²) in [4.78, 5) is 12.9. The molecule has 0 aliphatic heterocycles. The van der Waals surface area contributed by atoms with E-state index in [-0.39, 0.29) is 0 Å². The Hall–Kier alpha value is -1.78. The molecule has 0 radical (unpaired) electrons. The van der Waals surface area contributed by atoms with E-state index in [1.807, 2.05) is 60.7 Å². The molecule has 0 amide bonds. The molecule has 2 rings (SSSR count). The Kier molecular flexibility index (Phi) is 4.82. The number of carbonyl (C=O) groups is 1. The number of likely N-dealkylation sites (N-methyl/N-ethyl adjacent to an activating group) is 1. The van der Waals surface area contributed by atoms with E-state index in [9.17, 15) is 9.90 Å². The summed E-state index contributed by atoms with van der Waals surface area (Å²) in [6.45, 7) is 0. The molecule has 0 heterocycles. The first-order valence-corrected chi connectivity index (χ1v) is 7.33. The lowest BCUT2D eigenvalue weighted by Crippen LogP contribution is -2.49. The Bertz CT molecular complexity index is 559. The van der Waals surface area contributed by atoms with Crippen LogP contribution in [0.15, 0.2) is 65.6 Å². The standard InChI is InChI=1S/C16H17NO2S/c1-17-16(15(18)19,13-8-4-2-5-9-13)12-20-14-10-6-3-7-11-14/h2-11,17H,12H2,1H3,(H,18,19). The molecule has 2 aromatic carbocycles. The quantitative estimate of drug-likeness (QED) is 0.802. The van der Waals surface area contributed by atoms with Crippen LogP contribution in [0.25, 0.3) is 0 Å². The highest BCUT2D eigenvalue weighted by Crippen LogP contribution is 2.29. The van der Waals surface area contributed by atoms with E-state index in [0.717, 1.165) is 10.5 Å². The van der Waals surface area contributed by atoms with Crippen LogP contribution in [0.2, 0.25) is 0 Å². The Morgan fingerprint density at radius 1 is 1.10 bits per heavy atom. The minimum absolute atomic E-state index is 0.423. The Balaban J connectivity index is 2.26. The minimum atomic E-state index is -1.08. The van der Waals surface area contributed by atoms with E-state index < -0.39 is 11.5 Å². The first kappa shape index (κ1) is 14.6. The van der Waals surface area contributed by atoms with E-state index >= 15 is 0 Å². The van der Waals surface area contributed by atoms with Crippen molar-refractivity contribution in [2.24, 2.45) is 0 Å². The number of rotatable bonds is 6. The highest BCUT2D eigenvalue weighted by Gasteiger charge is 2.38. The van der Waals surface area contributed by atoms with Gasteiger partial charge in [-0.15, -0.1) is 11.8 Å². The molecule has 0 saturated heterocycles. The van der Waals surface area contributed by atoms with Gasteiger partial charge in [0.25, 0.3) is 0 Å². The maximum atomic E-state index is 11.8. The number of benzene rings is 2. The van der Waals surface area contributed by atoms with Crippen LogP contribution in [0.5, 0.6) is 0 Å². The number of thioether (sulfide) groups is 1. The highest BCUT2D eigenvalue weighted by atomic mass is 32.2. The smallest absolute Gasteiger partial charge is 0.329 e. The fourth-order valence-electron chi connectivity index (χ4n) is 2.02. The van der Waals surface area contributed by atoms with Crippen molar-refractivity contribution in [2.45, 2.75) is 10.4 Å². The highest BCUT2D eigenvalue weighted by molar-refractivity contribution is 7.99. The lowest BCUT2D eigenvalue weighted by Gasteiger charge is -2.29. The molecule has 0 aromatic heterocycles. The van der Waals surface area contributed by atoms with Crippen molar-refractivity contribution < 1.29 is 9.90 Å². The van der Waals surface area contributed by atoms with Gasteiger partial charge in [0.15, 0.2) is 5.54 Å². The van der Waals surface area contributed by atoms with Crippen LogP contribution in [0.1, 0.15) is 5.56 Å². The molecule has 2 aromatic rings. The van der Waals surface area contributed by atoms with Crippen LogP contribution < -0.4 is 5.32 Å². The topological polar surface area (TPSA) is 49.3 Å². The molecule has 1 atom stereocenters. The average molecular weight is 287 g/mol. The Morgan fingerprint density at radius 2 is 1.65 bits per heavy atom. The molecule has 0 aliphatic carbocycles. The number of hydrogen-bond acceptors (Lipinski definition) is 3. The Morgan fingerprint density at radius 3 is 2.15 bits per heavy atom. The molecule has 2 N–H and O–H groups in total. The zero-order chi connectivity index (χ0) is 14.4. The van der Waals surface area contributed by atoms with Crippen LogP contribution in [-0.2, 0) is 10.3 Å². The van der Waals surface area contributed by atoms with Gasteiger partial charge >= 0.3 is 5.97 Å². The number of aliphatic carboxylic acids is 1. The zero-order valence-corrected chi connectivity index (χ0v) is 12.1. The number of carboxylic acids is 1. The summed E-state index contributed by atoms with van der Waals surface area (Å²) < 4.78 is 0. The molecular weight excluding hydrogens is 270 g/mol. The van der Waals surface area contributed by atoms with Crippen molar-refractivity contribution in [1.29, 1.82) is 0 Å². The second-order valence-corrected chi connectivity index (χ2v) is 5.48. The van der Waals surface area contributed by atoms with Gasteiger partial charge in [-0.1, -0.05) is 48.5 Å². The lowest BCUT2D eigenvalue weighted by atomic mass is 9.92. The van der Waals surface area contributed by atoms with Gasteiger partial charge in [-0.25, -0.2) is 4.79 Å². The van der Waals surface area contributed by atoms with Crippen molar-refractivity contribution in [3.05, 3.63) is 66.2 Å². The second-order valence-electron chi connectivity index (χ2n) is 4.43. The lowest BCUT2D eigenvalue weighted by molar-refractivity contribution is -0.144. The fourth-order valence-corrected chi connectivity index (χ4v) is 3.19. The molecule has 104 valence electrons. The van der Waals surface area contributed by atoms with Crippen LogP contribution in [0.4, 0.5) is 0 Å². The molecule has 4 heteroatoms. The summed E-state index contributed by atoms with van der Waals surface area (Å²) in [7, 11) is 1.69. The summed E-state index contributed by atoms with van der Waals surface area (Å²) in [5.41, 5.74) is -0.319. The van der Waals surface area contributed by atoms with Gasteiger partial charge in [0.1, 0.15) is 0 Å². The van der Waals surface area contributed by atoms with Gasteiger partial charge in [-0.2, -0.15) is 0 Å². The van der Waals surface area contributed by atoms with E-state index in [0.29, 0.717) is 5.75 Å². The summed E-state index contributed by atoms with van der Waals surface area (Å²) in [5.74, 6) is -0.443. The Labute approximate surface area is 123 Å². The fraction of sp³-hybridized carbons (Fsp3) is 0.188. The van der Waals surface area contributed by atoms with Gasteiger partial charge in [-0.05, 0) is 24.7 Å². The third-order valence-electron chi connectivity index (χ3n) is 3.26. The monoisotopic (exact) mass is 287 g/mol. The minimum Gasteiger partial charge on any atom is -0.480 e. The van der Waals surface area contributed by atoms with E-state index in [1.165, 1.54) is 11.8 Å². The van der Waals surface area contributed by atoms with E-state index in [4.69, 9.17) is 0 Å². The predicted molar refractivity (Wildman–Crippen MR) is 82.0 cm³/mol. The summed E-state index contributed by atoms with van der Waals surface area (Å²) >= 11 is 1.53. The molecule has 0 spiro atoms. The third-order valence-corrected chi connectivity index (χ3v) is 4.44. The molecule has 0 saturated carbocycles. The van der Waals surface area contributed by atoms with Crippen LogP contribution >= 0.6 is 11.8 Å². The third kappa shape index (κ3) is 3.03. The van der Waals surface area contributed by atoms with Gasteiger partial charge in [-0.3, -0.25) is 0 Å². The SMILES string of the molecule is CNC(CSc1ccccc1)(C(=O)O)c1ccccc1. The van der Waals surface area contributed by atoms with Crippen LogP contribution in [0, 0.1) is 0 Å². The largest absolute Gasteiger partial charge is 0.480 e. The number of nitrogens with one attached hydrogen (secondary N) is 1. The molecule has 0 fully saturated rings. The molecule has 0 bridgehead atoms. The first-order valence-electron chi connectivity index (χ1n) is 6.35. The zero-order valence-electron chi connectivity index (χ0n) is 11.2. The van der Waals surface area contributed by atoms with Gasteiger partial charge < -0.3 is 10.4 Å². The second kappa shape index (κ2) is 6.59. The first-order chi connectivity index (χ1) is 9.69. The molecule has 20 heavy (non-hydrogen) atoms. The molecular formula is C16H17NO2S. The van der Waals surface area contributed by atoms with Gasteiger partial charge in [0.2, 0.25) is 0 Å². The van der Waals surface area contributed by atoms with Crippen molar-refractivity contribution in [1.82, 2.24) is 5.32 Å². The van der Waals surface area contributed by atoms with Crippen molar-refractivity contribution >= 4 is 17.7 Å². The summed E-state index contributed by atoms with van der Waals surface area (Å²) in [5, 5.41) is 12.7. The van der Waals surface area contributed by atoms with Crippen LogP contribution in [-0.4, -0.2) is 23.9 Å². The maximum absolute atomic E-state index is 11.8. The number of hydrogen-bond donors (Lipinski definition) is 2. The van der Waals surface area contributed by atoms with Gasteiger partial charge in [0.05, 0.1) is 0 Å². The van der Waals surface area contributed by atoms with E-state index in [1.54, 1.807) is 7.05 Å². The van der Waals surface area contributed by atoms with E-state index in [2.05, 4.69) is 5.32 Å². The summed E-state index contributed by atoms with van der Waals surface area (Å²) in [6, 6.07) is 19.1. The molecule has 0 aliphatic rings. The number of carboxylic acid groups (broad SMARTS) is 1. The van der Waals surface area contributed by atoms with Crippen molar-refractivity contribution in [3.8, 4) is 0 Å². The normalized spacial score (nSPS) is 13.7.